The number of nitrogens with zero attached hydrogens (tertiary/aromatic N) is 5. The lowest BCUT2D eigenvalue weighted by molar-refractivity contribution is -0.384. The number of aromatic hydroxyl groups is 1. The lowest BCUT2D eigenvalue weighted by atomic mass is 9.59. The van der Waals surface area contributed by atoms with Crippen molar-refractivity contribution in [1.29, 1.82) is 0 Å². The van der Waals surface area contributed by atoms with Crippen LogP contribution in [0.3, 0.4) is 0 Å². The van der Waals surface area contributed by atoms with E-state index in [2.05, 4.69) is 72.9 Å². The number of nitro groups is 1. The zero-order valence-corrected chi connectivity index (χ0v) is 37.6. The molecule has 16 nitrogen and oxygen atoms in total. The van der Waals surface area contributed by atoms with Crippen molar-refractivity contribution in [3.63, 3.8) is 0 Å². The maximum Gasteiger partial charge on any atom is 0.300 e. The molecule has 2 atom stereocenters. The molecule has 1 spiro atoms. The molecule has 3 fully saturated rings. The average molecular weight is 913 g/mol. The SMILES string of the molecule is CC(C)c1ccccc1[C@H]1CCCN1C1CC2(CCN(c3ccc(C(=O)NS(=O)(=O)c4cc([N+](=O)[O-])c5c(n4)OC[C@H](Cc4ccc(O)cc4)N5)c(Oc4cnc5[nH]ccc5c4)c3)CC2)C1. The van der Waals surface area contributed by atoms with Crippen LogP contribution in [-0.4, -0.2) is 82.5 Å². The van der Waals surface area contributed by atoms with Gasteiger partial charge >= 0.3 is 5.69 Å². The first-order valence-electron chi connectivity index (χ1n) is 22.6. The highest BCUT2D eigenvalue weighted by Crippen LogP contribution is 2.54. The van der Waals surface area contributed by atoms with Crippen molar-refractivity contribution in [2.45, 2.75) is 87.9 Å². The number of carbonyl (C=O) groups excluding carboxylic acids is 1. The molecule has 10 rings (SSSR count). The number of fused-ring (bicyclic) bond motifs is 2. The number of aromatic nitrogens is 3. The van der Waals surface area contributed by atoms with Crippen molar-refractivity contribution in [3.05, 3.63) is 130 Å². The Kier molecular flexibility index (Phi) is 11.3. The van der Waals surface area contributed by atoms with Crippen molar-refractivity contribution < 1.29 is 32.7 Å². The molecule has 3 aliphatic heterocycles. The minimum absolute atomic E-state index is 0.0237. The molecule has 0 radical (unpaired) electrons. The molecule has 6 aromatic rings. The number of pyridine rings is 2. The Labute approximate surface area is 382 Å². The number of anilines is 2. The lowest BCUT2D eigenvalue weighted by Crippen LogP contribution is -2.54. The Hall–Kier alpha value is -6.72. The van der Waals surface area contributed by atoms with E-state index >= 15 is 0 Å². The monoisotopic (exact) mass is 912 g/mol. The smallest absolute Gasteiger partial charge is 0.300 e. The number of benzene rings is 3. The molecular weight excluding hydrogens is 861 g/mol. The van der Waals surface area contributed by atoms with Gasteiger partial charge in [0.25, 0.3) is 15.9 Å². The van der Waals surface area contributed by atoms with Crippen LogP contribution in [0.15, 0.2) is 102 Å². The number of sulfonamides is 1. The van der Waals surface area contributed by atoms with E-state index in [1.165, 1.54) is 61.2 Å². The molecule has 1 aliphatic carbocycles. The molecule has 4 aliphatic rings. The van der Waals surface area contributed by atoms with Crippen molar-refractivity contribution >= 4 is 44.0 Å². The largest absolute Gasteiger partial charge is 0.508 e. The summed E-state index contributed by atoms with van der Waals surface area (Å²) in [5, 5.41) is 25.0. The van der Waals surface area contributed by atoms with E-state index in [9.17, 15) is 28.4 Å². The van der Waals surface area contributed by atoms with Crippen LogP contribution in [0.25, 0.3) is 11.0 Å². The quantitative estimate of drug-likeness (QED) is 0.0672. The van der Waals surface area contributed by atoms with E-state index in [0.29, 0.717) is 35.8 Å². The molecule has 1 saturated carbocycles. The normalized spacial score (nSPS) is 19.5. The molecular formula is C49H52N8O8S. The van der Waals surface area contributed by atoms with Crippen molar-refractivity contribution in [3.8, 4) is 23.1 Å². The summed E-state index contributed by atoms with van der Waals surface area (Å²) in [6.45, 7) is 7.36. The molecule has 66 heavy (non-hydrogen) atoms. The van der Waals surface area contributed by atoms with Crippen LogP contribution < -0.4 is 24.4 Å². The molecule has 4 N–H and O–H groups in total. The number of hydrogen-bond acceptors (Lipinski definition) is 13. The minimum atomic E-state index is -4.78. The fourth-order valence-corrected chi connectivity index (χ4v) is 11.4. The first-order chi connectivity index (χ1) is 31.8. The molecule has 1 amide bonds. The topological polar surface area (TPSA) is 205 Å². The standard InChI is InChI=1S/C49H52N8O8S/c1-30(2)38-6-3-4-7-39(38)41-8-5-19-56(41)35-26-49(27-35)16-20-55(21-17-49)34-11-14-40(43(24-34)65-37-23-32-15-18-50-46(32)51-28-37)47(59)54-66(62,63)44-25-42(57(60)61)45-48(53-44)64-29-33(52-45)22-31-9-12-36(58)13-10-31/h3-4,6-7,9-15,18,23-25,28,30,33,35,41,52,58H,5,8,16-17,19-22,26-27,29H2,1-2H3,(H,50,51)(H,54,59)/t33-,41+/m0/s1. The van der Waals surface area contributed by atoms with Crippen LogP contribution in [0.4, 0.5) is 17.1 Å². The number of carbonyl (C=O) groups is 1. The fraction of sp³-hybridized carbons (Fsp3) is 0.367. The third-order valence-corrected chi connectivity index (χ3v) is 15.1. The summed E-state index contributed by atoms with van der Waals surface area (Å²) in [7, 11) is -4.78. The van der Waals surface area contributed by atoms with Crippen LogP contribution in [0.2, 0.25) is 0 Å². The maximum absolute atomic E-state index is 14.1. The predicted molar refractivity (Wildman–Crippen MR) is 249 cm³/mol. The number of H-pyrrole nitrogens is 1. The van der Waals surface area contributed by atoms with Gasteiger partial charge in [0, 0.05) is 48.5 Å². The van der Waals surface area contributed by atoms with E-state index in [4.69, 9.17) is 9.47 Å². The molecule has 342 valence electrons. The number of phenolic OH excluding ortho intramolecular Hbond substituents is 1. The van der Waals surface area contributed by atoms with E-state index in [-0.39, 0.29) is 40.7 Å². The second-order valence-corrected chi connectivity index (χ2v) is 20.1. The van der Waals surface area contributed by atoms with Gasteiger partial charge in [-0.3, -0.25) is 19.8 Å². The summed E-state index contributed by atoms with van der Waals surface area (Å²) in [5.74, 6) is -0.262. The van der Waals surface area contributed by atoms with Gasteiger partial charge in [-0.1, -0.05) is 50.2 Å². The molecule has 6 heterocycles. The molecule has 17 heteroatoms. The summed E-state index contributed by atoms with van der Waals surface area (Å²) in [4.78, 5) is 42.3. The summed E-state index contributed by atoms with van der Waals surface area (Å²) in [6.07, 6.45) is 10.5. The van der Waals surface area contributed by atoms with E-state index in [1.54, 1.807) is 36.5 Å². The van der Waals surface area contributed by atoms with Crippen LogP contribution in [0, 0.1) is 15.5 Å². The summed E-state index contributed by atoms with van der Waals surface area (Å²) in [6, 6.07) is 25.6. The highest BCUT2D eigenvalue weighted by molar-refractivity contribution is 7.90. The van der Waals surface area contributed by atoms with Gasteiger partial charge in [0.05, 0.1) is 28.8 Å². The Balaban J connectivity index is 0.856. The Bertz CT molecular complexity index is 2930. The van der Waals surface area contributed by atoms with Crippen molar-refractivity contribution in [2.24, 2.45) is 5.41 Å². The van der Waals surface area contributed by atoms with E-state index in [1.807, 2.05) is 6.07 Å². The molecule has 2 saturated heterocycles. The summed E-state index contributed by atoms with van der Waals surface area (Å²) in [5.41, 5.74) is 4.81. The van der Waals surface area contributed by atoms with E-state index < -0.39 is 37.6 Å². The molecule has 0 bridgehead atoms. The van der Waals surface area contributed by atoms with Crippen LogP contribution >= 0.6 is 0 Å². The number of aromatic amines is 1. The predicted octanol–water partition coefficient (Wildman–Crippen LogP) is 8.61. The zero-order chi connectivity index (χ0) is 45.7. The number of likely N-dealkylation sites (tertiary alicyclic amines) is 1. The number of hydrogen-bond donors (Lipinski definition) is 4. The van der Waals surface area contributed by atoms with Gasteiger partial charge in [-0.05, 0) is 116 Å². The van der Waals surface area contributed by atoms with Crippen LogP contribution in [0.5, 0.6) is 23.1 Å². The fourth-order valence-electron chi connectivity index (χ4n) is 10.5. The third-order valence-electron chi connectivity index (χ3n) is 13.9. The Morgan fingerprint density at radius 1 is 1.05 bits per heavy atom. The van der Waals surface area contributed by atoms with Gasteiger partial charge in [0.2, 0.25) is 5.88 Å². The maximum atomic E-state index is 14.1. The van der Waals surface area contributed by atoms with Gasteiger partial charge in [-0.15, -0.1) is 0 Å². The number of rotatable bonds is 12. The lowest BCUT2D eigenvalue weighted by Gasteiger charge is -2.56. The second-order valence-electron chi connectivity index (χ2n) is 18.5. The zero-order valence-electron chi connectivity index (χ0n) is 36.8. The second kappa shape index (κ2) is 17.3. The molecule has 3 aromatic heterocycles. The highest BCUT2D eigenvalue weighted by Gasteiger charge is 2.50. The number of phenols is 1. The van der Waals surface area contributed by atoms with Crippen LogP contribution in [0.1, 0.15) is 91.4 Å². The number of ether oxygens (including phenoxy) is 2. The van der Waals surface area contributed by atoms with E-state index in [0.717, 1.165) is 55.2 Å². The van der Waals surface area contributed by atoms with Gasteiger partial charge in [-0.2, -0.15) is 13.4 Å². The molecule has 3 aromatic carbocycles. The van der Waals surface area contributed by atoms with Gasteiger partial charge in [0.15, 0.2) is 10.7 Å². The van der Waals surface area contributed by atoms with Gasteiger partial charge in [-0.25, -0.2) is 9.71 Å². The first kappa shape index (κ1) is 43.2. The highest BCUT2D eigenvalue weighted by atomic mass is 32.2. The van der Waals surface area contributed by atoms with Gasteiger partial charge in [0.1, 0.15) is 29.5 Å². The minimum Gasteiger partial charge on any atom is -0.508 e. The van der Waals surface area contributed by atoms with Crippen LogP contribution in [-0.2, 0) is 16.4 Å². The number of amides is 1. The van der Waals surface area contributed by atoms with Gasteiger partial charge < -0.3 is 29.8 Å². The van der Waals surface area contributed by atoms with Crippen molar-refractivity contribution in [2.75, 3.05) is 36.5 Å². The molecule has 0 unspecified atom stereocenters. The summed E-state index contributed by atoms with van der Waals surface area (Å²) >= 11 is 0. The average Bonchev–Trinajstić information content (AvgIpc) is 3.99. The third kappa shape index (κ3) is 8.48. The first-order valence-corrected chi connectivity index (χ1v) is 24.1. The number of piperidine rings is 1. The van der Waals surface area contributed by atoms with Crippen molar-refractivity contribution in [1.82, 2.24) is 24.6 Å². The number of nitrogens with one attached hydrogen (secondary N) is 3. The summed E-state index contributed by atoms with van der Waals surface area (Å²) < 4.78 is 41.9. The Morgan fingerprint density at radius 3 is 2.61 bits per heavy atom. The Morgan fingerprint density at radius 2 is 1.83 bits per heavy atom.